The van der Waals surface area contributed by atoms with E-state index in [2.05, 4.69) is 31.1 Å². The quantitative estimate of drug-likeness (QED) is 0.867. The molecule has 0 spiro atoms. The number of hydrogen-bond donors (Lipinski definition) is 1. The van der Waals surface area contributed by atoms with Crippen LogP contribution in [0, 0.1) is 5.82 Å². The van der Waals surface area contributed by atoms with Gasteiger partial charge in [-0.2, -0.15) is 0 Å². The molecule has 2 aromatic rings. The molecule has 1 saturated heterocycles. The smallest absolute Gasteiger partial charge is 0.254 e. The van der Waals surface area contributed by atoms with Crippen molar-refractivity contribution in [1.82, 2.24) is 10.3 Å². The summed E-state index contributed by atoms with van der Waals surface area (Å²) in [6.45, 7) is 3.36. The minimum Gasteiger partial charge on any atom is -0.378 e. The van der Waals surface area contributed by atoms with Crippen LogP contribution in [-0.2, 0) is 11.3 Å². The van der Waals surface area contributed by atoms with Crippen LogP contribution in [0.3, 0.4) is 0 Å². The highest BCUT2D eigenvalue weighted by Gasteiger charge is 2.13. The Morgan fingerprint density at radius 3 is 2.75 bits per heavy atom. The molecule has 1 aliphatic rings. The maximum absolute atomic E-state index is 13.8. The van der Waals surface area contributed by atoms with Crippen molar-refractivity contribution in [3.05, 3.63) is 57.9 Å². The molecule has 0 bridgehead atoms. The number of morpholine rings is 1. The van der Waals surface area contributed by atoms with Crippen LogP contribution in [0.1, 0.15) is 15.9 Å². The number of hydrogen-bond acceptors (Lipinski definition) is 4. The molecule has 0 atom stereocenters. The zero-order valence-electron chi connectivity index (χ0n) is 13.0. The molecule has 1 N–H and O–H groups in total. The Hall–Kier alpha value is -1.99. The fraction of sp³-hybridized carbons (Fsp3) is 0.294. The molecule has 0 aliphatic carbocycles. The maximum Gasteiger partial charge on any atom is 0.254 e. The summed E-state index contributed by atoms with van der Waals surface area (Å²) in [6.07, 6.45) is 1.73. The highest BCUT2D eigenvalue weighted by Crippen LogP contribution is 2.16. The zero-order chi connectivity index (χ0) is 16.9. The molecule has 5 nitrogen and oxygen atoms in total. The largest absolute Gasteiger partial charge is 0.378 e. The van der Waals surface area contributed by atoms with Gasteiger partial charge in [-0.3, -0.25) is 4.79 Å². The zero-order valence-corrected chi connectivity index (χ0v) is 14.6. The van der Waals surface area contributed by atoms with E-state index in [1.165, 1.54) is 12.1 Å². The Morgan fingerprint density at radius 1 is 1.29 bits per heavy atom. The molecule has 1 aromatic carbocycles. The second-order valence-electron chi connectivity index (χ2n) is 5.43. The molecule has 0 radical (unpaired) electrons. The second kappa shape index (κ2) is 7.72. The van der Waals surface area contributed by atoms with E-state index in [-0.39, 0.29) is 5.56 Å². The number of halogens is 2. The number of aromatic nitrogens is 1. The number of benzene rings is 1. The monoisotopic (exact) mass is 393 g/mol. The van der Waals surface area contributed by atoms with E-state index >= 15 is 0 Å². The second-order valence-corrected chi connectivity index (χ2v) is 6.35. The average Bonchev–Trinajstić information content (AvgIpc) is 2.61. The molecule has 126 valence electrons. The molecule has 1 amide bonds. The summed E-state index contributed by atoms with van der Waals surface area (Å²) in [5.41, 5.74) is 0.883. The van der Waals surface area contributed by atoms with E-state index in [1.807, 2.05) is 12.1 Å². The molecular formula is C17H17BrFN3O2. The van der Waals surface area contributed by atoms with E-state index in [1.54, 1.807) is 12.3 Å². The minimum atomic E-state index is -0.553. The Morgan fingerprint density at radius 2 is 2.08 bits per heavy atom. The fourth-order valence-electron chi connectivity index (χ4n) is 2.45. The standard InChI is InChI=1S/C17H17BrFN3O2/c18-13-2-3-14(15(19)9-13)17(23)21-11-12-1-4-16(20-10-12)22-5-7-24-8-6-22/h1-4,9-10H,5-8,11H2,(H,21,23). The van der Waals surface area contributed by atoms with E-state index < -0.39 is 11.7 Å². The third-order valence-corrected chi connectivity index (χ3v) is 4.27. The number of nitrogens with one attached hydrogen (secondary N) is 1. The fourth-order valence-corrected chi connectivity index (χ4v) is 2.79. The topological polar surface area (TPSA) is 54.5 Å². The maximum atomic E-state index is 13.8. The van der Waals surface area contributed by atoms with E-state index in [9.17, 15) is 9.18 Å². The van der Waals surface area contributed by atoms with Gasteiger partial charge in [0.2, 0.25) is 0 Å². The van der Waals surface area contributed by atoms with E-state index in [4.69, 9.17) is 4.74 Å². The van der Waals surface area contributed by atoms with Crippen LogP contribution in [0.25, 0.3) is 0 Å². The van der Waals surface area contributed by atoms with Gasteiger partial charge in [0.1, 0.15) is 11.6 Å². The van der Waals surface area contributed by atoms with E-state index in [0.717, 1.165) is 24.5 Å². The van der Waals surface area contributed by atoms with Crippen LogP contribution >= 0.6 is 15.9 Å². The van der Waals surface area contributed by atoms with Gasteiger partial charge in [-0.25, -0.2) is 9.37 Å². The lowest BCUT2D eigenvalue weighted by Crippen LogP contribution is -2.36. The Labute approximate surface area is 148 Å². The number of amides is 1. The average molecular weight is 394 g/mol. The van der Waals surface area contributed by atoms with Crippen molar-refractivity contribution in [3.8, 4) is 0 Å². The molecule has 1 fully saturated rings. The molecule has 0 saturated carbocycles. The van der Waals surface area contributed by atoms with Crippen molar-refractivity contribution >= 4 is 27.7 Å². The van der Waals surface area contributed by atoms with Crippen LogP contribution in [0.4, 0.5) is 10.2 Å². The first-order valence-corrected chi connectivity index (χ1v) is 8.43. The number of carbonyl (C=O) groups excluding carboxylic acids is 1. The SMILES string of the molecule is O=C(NCc1ccc(N2CCOCC2)nc1)c1ccc(Br)cc1F. The third kappa shape index (κ3) is 4.10. The van der Waals surface area contributed by atoms with Crippen molar-refractivity contribution in [3.63, 3.8) is 0 Å². The summed E-state index contributed by atoms with van der Waals surface area (Å²) in [7, 11) is 0. The number of ether oxygens (including phenoxy) is 1. The van der Waals surface area contributed by atoms with Crippen LogP contribution in [-0.4, -0.2) is 37.2 Å². The van der Waals surface area contributed by atoms with Crippen molar-refractivity contribution in [2.24, 2.45) is 0 Å². The van der Waals surface area contributed by atoms with Gasteiger partial charge in [-0.15, -0.1) is 0 Å². The Balaban J connectivity index is 1.59. The highest BCUT2D eigenvalue weighted by molar-refractivity contribution is 9.10. The van der Waals surface area contributed by atoms with Gasteiger partial charge in [-0.1, -0.05) is 22.0 Å². The van der Waals surface area contributed by atoms with Gasteiger partial charge in [0, 0.05) is 30.3 Å². The molecule has 1 aromatic heterocycles. The number of rotatable bonds is 4. The van der Waals surface area contributed by atoms with Gasteiger partial charge >= 0.3 is 0 Å². The van der Waals surface area contributed by atoms with Gasteiger partial charge in [0.15, 0.2) is 0 Å². The lowest BCUT2D eigenvalue weighted by molar-refractivity contribution is 0.0947. The summed E-state index contributed by atoms with van der Waals surface area (Å²) >= 11 is 3.17. The van der Waals surface area contributed by atoms with E-state index in [0.29, 0.717) is 24.2 Å². The molecule has 3 rings (SSSR count). The summed E-state index contributed by atoms with van der Waals surface area (Å²) < 4.78 is 19.7. The first-order chi connectivity index (χ1) is 11.6. The molecule has 1 aliphatic heterocycles. The molecule has 24 heavy (non-hydrogen) atoms. The van der Waals surface area contributed by atoms with Crippen molar-refractivity contribution in [2.75, 3.05) is 31.2 Å². The molecule has 7 heteroatoms. The third-order valence-electron chi connectivity index (χ3n) is 3.77. The first kappa shape index (κ1) is 16.9. The van der Waals surface area contributed by atoms with Crippen LogP contribution in [0.15, 0.2) is 41.0 Å². The number of carbonyl (C=O) groups is 1. The van der Waals surface area contributed by atoms with Crippen molar-refractivity contribution < 1.29 is 13.9 Å². The van der Waals surface area contributed by atoms with Crippen LogP contribution < -0.4 is 10.2 Å². The van der Waals surface area contributed by atoms with Gasteiger partial charge in [-0.05, 0) is 29.8 Å². The van der Waals surface area contributed by atoms with Crippen molar-refractivity contribution in [2.45, 2.75) is 6.54 Å². The predicted molar refractivity (Wildman–Crippen MR) is 92.5 cm³/mol. The number of nitrogens with zero attached hydrogens (tertiary/aromatic N) is 2. The summed E-state index contributed by atoms with van der Waals surface area (Å²) in [6, 6.07) is 8.20. The Bertz CT molecular complexity index is 718. The minimum absolute atomic E-state index is 0.0242. The summed E-state index contributed by atoms with van der Waals surface area (Å²) in [5.74, 6) is -0.104. The summed E-state index contributed by atoms with van der Waals surface area (Å²) in [4.78, 5) is 18.6. The number of pyridine rings is 1. The Kier molecular flexibility index (Phi) is 5.42. The lowest BCUT2D eigenvalue weighted by Gasteiger charge is -2.27. The first-order valence-electron chi connectivity index (χ1n) is 7.64. The van der Waals surface area contributed by atoms with Crippen LogP contribution in [0.5, 0.6) is 0 Å². The summed E-state index contributed by atoms with van der Waals surface area (Å²) in [5, 5.41) is 2.71. The predicted octanol–water partition coefficient (Wildman–Crippen LogP) is 2.75. The van der Waals surface area contributed by atoms with Gasteiger partial charge in [0.25, 0.3) is 5.91 Å². The van der Waals surface area contributed by atoms with Crippen LogP contribution in [0.2, 0.25) is 0 Å². The lowest BCUT2D eigenvalue weighted by atomic mass is 10.2. The molecular weight excluding hydrogens is 377 g/mol. The highest BCUT2D eigenvalue weighted by atomic mass is 79.9. The molecule has 0 unspecified atom stereocenters. The normalized spacial score (nSPS) is 14.5. The van der Waals surface area contributed by atoms with Crippen molar-refractivity contribution in [1.29, 1.82) is 0 Å². The number of anilines is 1. The van der Waals surface area contributed by atoms with Gasteiger partial charge in [0.05, 0.1) is 18.8 Å². The van der Waals surface area contributed by atoms with Gasteiger partial charge < -0.3 is 15.0 Å². The molecule has 2 heterocycles.